The molecule has 0 amide bonds. The molecule has 1 aromatic heterocycles. The second-order valence-corrected chi connectivity index (χ2v) is 4.70. The fraction of sp³-hybridized carbons (Fsp3) is 0.308. The van der Waals surface area contributed by atoms with Crippen LogP contribution in [0.25, 0.3) is 0 Å². The predicted molar refractivity (Wildman–Crippen MR) is 67.2 cm³/mol. The summed E-state index contributed by atoms with van der Waals surface area (Å²) in [4.78, 5) is 1.79. The Bertz CT molecular complexity index is 713. The minimum atomic E-state index is -4.54. The topological polar surface area (TPSA) is 57.7 Å². The first-order valence-electron chi connectivity index (χ1n) is 6.22. The van der Waals surface area contributed by atoms with Gasteiger partial charge in [0.2, 0.25) is 0 Å². The number of hydrogen-bond donors (Lipinski definition) is 0. The van der Waals surface area contributed by atoms with Crippen molar-refractivity contribution in [2.75, 3.05) is 11.4 Å². The summed E-state index contributed by atoms with van der Waals surface area (Å²) in [5.74, 6) is 0.708. The van der Waals surface area contributed by atoms with Crippen molar-refractivity contribution in [2.24, 2.45) is 0 Å². The molecule has 0 radical (unpaired) electrons. The summed E-state index contributed by atoms with van der Waals surface area (Å²) in [6.45, 7) is 1.57. The van der Waals surface area contributed by atoms with Crippen molar-refractivity contribution in [2.45, 2.75) is 19.3 Å². The van der Waals surface area contributed by atoms with Gasteiger partial charge in [0.25, 0.3) is 0 Å². The number of aromatic nitrogens is 3. The van der Waals surface area contributed by atoms with Crippen molar-refractivity contribution in [1.29, 1.82) is 5.26 Å². The van der Waals surface area contributed by atoms with Gasteiger partial charge in [0.15, 0.2) is 5.82 Å². The fourth-order valence-corrected chi connectivity index (χ4v) is 2.35. The lowest BCUT2D eigenvalue weighted by Crippen LogP contribution is -2.33. The summed E-state index contributed by atoms with van der Waals surface area (Å²) in [6.07, 6.45) is -2.94. The van der Waals surface area contributed by atoms with E-state index in [1.807, 2.05) is 4.57 Å². The van der Waals surface area contributed by atoms with E-state index in [0.717, 1.165) is 6.07 Å². The Morgan fingerprint density at radius 1 is 1.24 bits per heavy atom. The smallest absolute Gasteiger partial charge is 0.362 e. The van der Waals surface area contributed by atoms with E-state index in [1.54, 1.807) is 17.3 Å². The Morgan fingerprint density at radius 2 is 2.05 bits per heavy atom. The SMILES string of the molecule is N#Cc1ccc(N2CCn3cnnc3C2)cc1C(F)(F)F. The van der Waals surface area contributed by atoms with Gasteiger partial charge >= 0.3 is 6.18 Å². The van der Waals surface area contributed by atoms with Crippen LogP contribution in [0.1, 0.15) is 17.0 Å². The van der Waals surface area contributed by atoms with Gasteiger partial charge in [-0.1, -0.05) is 0 Å². The Balaban J connectivity index is 1.96. The standard InChI is InChI=1S/C13H10F3N5/c14-13(15,16)11-5-10(2-1-9(11)6-17)20-3-4-21-8-18-19-12(21)7-20/h1-2,5,8H,3-4,7H2. The van der Waals surface area contributed by atoms with Crippen LogP contribution in [0.3, 0.4) is 0 Å². The average molecular weight is 293 g/mol. The molecule has 0 unspecified atom stereocenters. The first kappa shape index (κ1) is 13.4. The van der Waals surface area contributed by atoms with Crippen LogP contribution < -0.4 is 4.90 Å². The van der Waals surface area contributed by atoms with E-state index in [-0.39, 0.29) is 5.56 Å². The minimum absolute atomic E-state index is 0.369. The van der Waals surface area contributed by atoms with Crippen molar-refractivity contribution in [3.05, 3.63) is 41.5 Å². The maximum absolute atomic E-state index is 13.0. The first-order chi connectivity index (χ1) is 9.99. The molecule has 0 saturated heterocycles. The van der Waals surface area contributed by atoms with E-state index >= 15 is 0 Å². The Morgan fingerprint density at radius 3 is 2.76 bits per heavy atom. The molecule has 1 aliphatic heterocycles. The van der Waals surface area contributed by atoms with Crippen LogP contribution in [-0.4, -0.2) is 21.3 Å². The molecule has 108 valence electrons. The first-order valence-corrected chi connectivity index (χ1v) is 6.22. The molecule has 0 aliphatic carbocycles. The molecular formula is C13H10F3N5. The van der Waals surface area contributed by atoms with Gasteiger partial charge in [0.1, 0.15) is 6.33 Å². The van der Waals surface area contributed by atoms with Crippen molar-refractivity contribution in [3.8, 4) is 6.07 Å². The number of hydrogen-bond acceptors (Lipinski definition) is 4. The number of nitriles is 1. The molecule has 0 atom stereocenters. The van der Waals surface area contributed by atoms with E-state index in [0.29, 0.717) is 31.1 Å². The zero-order chi connectivity index (χ0) is 15.0. The van der Waals surface area contributed by atoms with Crippen LogP contribution >= 0.6 is 0 Å². The number of halogens is 3. The Labute approximate surface area is 118 Å². The third-order valence-corrected chi connectivity index (χ3v) is 3.43. The number of anilines is 1. The molecule has 0 N–H and O–H groups in total. The van der Waals surface area contributed by atoms with Crippen LogP contribution in [0.4, 0.5) is 18.9 Å². The molecule has 2 aromatic rings. The van der Waals surface area contributed by atoms with Crippen LogP contribution in [0.15, 0.2) is 24.5 Å². The molecule has 0 spiro atoms. The van der Waals surface area contributed by atoms with Gasteiger partial charge in [-0.2, -0.15) is 18.4 Å². The number of nitrogens with zero attached hydrogens (tertiary/aromatic N) is 5. The average Bonchev–Trinajstić information content (AvgIpc) is 2.93. The van der Waals surface area contributed by atoms with Crippen molar-refractivity contribution < 1.29 is 13.2 Å². The minimum Gasteiger partial charge on any atom is -0.362 e. The zero-order valence-corrected chi connectivity index (χ0v) is 10.8. The van der Waals surface area contributed by atoms with Gasteiger partial charge in [0, 0.05) is 18.8 Å². The molecule has 1 aliphatic rings. The van der Waals surface area contributed by atoms with Crippen LogP contribution in [0, 0.1) is 11.3 Å². The molecule has 0 saturated carbocycles. The van der Waals surface area contributed by atoms with Crippen molar-refractivity contribution in [1.82, 2.24) is 14.8 Å². The summed E-state index contributed by atoms with van der Waals surface area (Å²) in [5, 5.41) is 16.5. The number of rotatable bonds is 1. The highest BCUT2D eigenvalue weighted by atomic mass is 19.4. The highest BCUT2D eigenvalue weighted by Crippen LogP contribution is 2.35. The highest BCUT2D eigenvalue weighted by Gasteiger charge is 2.34. The van der Waals surface area contributed by atoms with Gasteiger partial charge in [0.05, 0.1) is 23.7 Å². The lowest BCUT2D eigenvalue weighted by molar-refractivity contribution is -0.137. The summed E-state index contributed by atoms with van der Waals surface area (Å²) in [5.41, 5.74) is -0.850. The summed E-state index contributed by atoms with van der Waals surface area (Å²) < 4.78 is 40.8. The van der Waals surface area contributed by atoms with Crippen LogP contribution in [-0.2, 0) is 19.3 Å². The lowest BCUT2D eigenvalue weighted by Gasteiger charge is -2.29. The second-order valence-electron chi connectivity index (χ2n) is 4.70. The molecule has 2 heterocycles. The highest BCUT2D eigenvalue weighted by molar-refractivity contribution is 5.55. The van der Waals surface area contributed by atoms with E-state index < -0.39 is 11.7 Å². The summed E-state index contributed by atoms with van der Waals surface area (Å²) in [7, 11) is 0. The summed E-state index contributed by atoms with van der Waals surface area (Å²) in [6, 6.07) is 5.33. The van der Waals surface area contributed by atoms with Gasteiger partial charge in [-0.05, 0) is 18.2 Å². The molecule has 1 aromatic carbocycles. The van der Waals surface area contributed by atoms with Gasteiger partial charge in [-0.15, -0.1) is 10.2 Å². The number of benzene rings is 1. The predicted octanol–water partition coefficient (Wildman–Crippen LogP) is 2.19. The van der Waals surface area contributed by atoms with Gasteiger partial charge in [-0.3, -0.25) is 0 Å². The van der Waals surface area contributed by atoms with E-state index in [4.69, 9.17) is 5.26 Å². The van der Waals surface area contributed by atoms with E-state index in [1.165, 1.54) is 12.1 Å². The van der Waals surface area contributed by atoms with Crippen molar-refractivity contribution in [3.63, 3.8) is 0 Å². The molecule has 0 bridgehead atoms. The fourth-order valence-electron chi connectivity index (χ4n) is 2.35. The van der Waals surface area contributed by atoms with Crippen molar-refractivity contribution >= 4 is 5.69 Å². The molecule has 5 nitrogen and oxygen atoms in total. The number of alkyl halides is 3. The molecule has 8 heteroatoms. The maximum Gasteiger partial charge on any atom is 0.417 e. The van der Waals surface area contributed by atoms with Gasteiger partial charge in [-0.25, -0.2) is 0 Å². The normalized spacial score (nSPS) is 14.7. The number of fused-ring (bicyclic) bond motifs is 1. The largest absolute Gasteiger partial charge is 0.417 e. The third-order valence-electron chi connectivity index (χ3n) is 3.43. The van der Waals surface area contributed by atoms with E-state index in [2.05, 4.69) is 10.2 Å². The van der Waals surface area contributed by atoms with Gasteiger partial charge < -0.3 is 9.47 Å². The monoisotopic (exact) mass is 293 g/mol. The Hall–Kier alpha value is -2.56. The van der Waals surface area contributed by atoms with Crippen LogP contribution in [0.2, 0.25) is 0 Å². The molecule has 21 heavy (non-hydrogen) atoms. The molecular weight excluding hydrogens is 283 g/mol. The molecule has 3 rings (SSSR count). The lowest BCUT2D eigenvalue weighted by atomic mass is 10.1. The van der Waals surface area contributed by atoms with E-state index in [9.17, 15) is 13.2 Å². The zero-order valence-electron chi connectivity index (χ0n) is 10.8. The third kappa shape index (κ3) is 2.42. The molecule has 0 fully saturated rings. The Kier molecular flexibility index (Phi) is 3.05. The maximum atomic E-state index is 13.0. The quantitative estimate of drug-likeness (QED) is 0.808. The summed E-state index contributed by atoms with van der Waals surface area (Å²) >= 11 is 0. The van der Waals surface area contributed by atoms with Crippen LogP contribution in [0.5, 0.6) is 0 Å². The second kappa shape index (κ2) is 4.77.